The number of fused-ring (bicyclic) bond motifs is 1. The highest BCUT2D eigenvalue weighted by Crippen LogP contribution is 2.45. The number of H-pyrrole nitrogens is 1. The lowest BCUT2D eigenvalue weighted by Gasteiger charge is -2.26. The molecule has 0 amide bonds. The Bertz CT molecular complexity index is 1720. The van der Waals surface area contributed by atoms with Crippen LogP contribution in [0.3, 0.4) is 0 Å². The molecule has 5 heterocycles. The number of hydrogen-bond donors (Lipinski definition) is 2. The second-order valence-electron chi connectivity index (χ2n) is 10.0. The van der Waals surface area contributed by atoms with E-state index in [1.807, 2.05) is 12.1 Å². The molecular formula is C27H24F3N9O2. The summed E-state index contributed by atoms with van der Waals surface area (Å²) in [4.78, 5) is 25.6. The van der Waals surface area contributed by atoms with Crippen molar-refractivity contribution in [1.29, 1.82) is 0 Å². The standard InChI is InChI=1S/C27H24F3N9O2/c1-40-26-20(21(15-4-5-15)32-13-35-26)23-36-24(22-25(37-23)34-12-33-22)31-9-14-2-6-17(7-3-14)39-18(16-10-41-11-16)8-19(38-39)27(28,29)30/h2-3,6-8,12-13,15-16H,4-5,9-11H2,1H3,(H2,31,33,34,36,37). The van der Waals surface area contributed by atoms with Crippen molar-refractivity contribution in [1.82, 2.24) is 39.7 Å². The predicted octanol–water partition coefficient (Wildman–Crippen LogP) is 4.63. The maximum absolute atomic E-state index is 13.4. The molecule has 0 radical (unpaired) electrons. The van der Waals surface area contributed by atoms with Gasteiger partial charge in [-0.3, -0.25) is 0 Å². The average Bonchev–Trinajstić information content (AvgIpc) is 3.51. The molecule has 0 atom stereocenters. The number of nitrogens with zero attached hydrogens (tertiary/aromatic N) is 7. The van der Waals surface area contributed by atoms with Crippen molar-refractivity contribution < 1.29 is 22.6 Å². The van der Waals surface area contributed by atoms with Gasteiger partial charge in [0.25, 0.3) is 0 Å². The third-order valence-electron chi connectivity index (χ3n) is 7.23. The molecule has 1 aliphatic carbocycles. The van der Waals surface area contributed by atoms with Crippen LogP contribution in [-0.2, 0) is 17.5 Å². The normalized spacial score (nSPS) is 15.7. The van der Waals surface area contributed by atoms with Crippen LogP contribution in [0.2, 0.25) is 0 Å². The highest BCUT2D eigenvalue weighted by molar-refractivity contribution is 5.85. The van der Waals surface area contributed by atoms with Gasteiger partial charge in [0, 0.05) is 18.4 Å². The molecule has 1 aromatic carbocycles. The van der Waals surface area contributed by atoms with Crippen LogP contribution >= 0.6 is 0 Å². The first-order valence-electron chi connectivity index (χ1n) is 13.1. The minimum Gasteiger partial charge on any atom is -0.480 e. The Morgan fingerprint density at radius 3 is 2.56 bits per heavy atom. The molecule has 2 N–H and O–H groups in total. The lowest BCUT2D eigenvalue weighted by atomic mass is 10.0. The van der Waals surface area contributed by atoms with Crippen LogP contribution in [0.1, 0.15) is 47.3 Å². The van der Waals surface area contributed by atoms with E-state index in [4.69, 9.17) is 14.5 Å². The SMILES string of the molecule is COc1ncnc(C2CC2)c1-c1nc(NCc2ccc(-n3nc(C(F)(F)F)cc3C3COC3)cc2)c2[nH]cnc2n1. The van der Waals surface area contributed by atoms with Crippen LogP contribution < -0.4 is 10.1 Å². The van der Waals surface area contributed by atoms with Gasteiger partial charge in [-0.1, -0.05) is 12.1 Å². The molecule has 11 nitrogen and oxygen atoms in total. The second-order valence-corrected chi connectivity index (χ2v) is 10.0. The van der Waals surface area contributed by atoms with Gasteiger partial charge in [0.05, 0.1) is 43.7 Å². The summed E-state index contributed by atoms with van der Waals surface area (Å²) in [6.45, 7) is 1.13. The van der Waals surface area contributed by atoms with Crippen LogP contribution in [0.4, 0.5) is 19.0 Å². The van der Waals surface area contributed by atoms with Crippen LogP contribution in [-0.4, -0.2) is 60.0 Å². The molecule has 0 spiro atoms. The number of rotatable bonds is 8. The van der Waals surface area contributed by atoms with Gasteiger partial charge >= 0.3 is 6.18 Å². The fourth-order valence-corrected chi connectivity index (χ4v) is 4.87. The van der Waals surface area contributed by atoms with E-state index in [-0.39, 0.29) is 5.92 Å². The van der Waals surface area contributed by atoms with Crippen LogP contribution in [0.15, 0.2) is 43.0 Å². The molecule has 2 fully saturated rings. The summed E-state index contributed by atoms with van der Waals surface area (Å²) in [6, 6.07) is 8.27. The molecular weight excluding hydrogens is 539 g/mol. The number of imidazole rings is 1. The fourth-order valence-electron chi connectivity index (χ4n) is 4.87. The molecule has 14 heteroatoms. The highest BCUT2D eigenvalue weighted by atomic mass is 19.4. The second kappa shape index (κ2) is 9.80. The summed E-state index contributed by atoms with van der Waals surface area (Å²) in [5.41, 5.74) is 3.61. The molecule has 210 valence electrons. The maximum Gasteiger partial charge on any atom is 0.435 e. The first kappa shape index (κ1) is 25.4. The van der Waals surface area contributed by atoms with E-state index in [1.54, 1.807) is 25.6 Å². The molecule has 0 unspecified atom stereocenters. The van der Waals surface area contributed by atoms with Crippen molar-refractivity contribution in [2.75, 3.05) is 25.6 Å². The maximum atomic E-state index is 13.4. The summed E-state index contributed by atoms with van der Waals surface area (Å²) in [5, 5.41) is 7.20. The molecule has 1 aliphatic heterocycles. The molecule has 1 saturated carbocycles. The Labute approximate surface area is 231 Å². The van der Waals surface area contributed by atoms with Crippen molar-refractivity contribution in [2.24, 2.45) is 0 Å². The topological polar surface area (TPSA) is 129 Å². The van der Waals surface area contributed by atoms with E-state index in [0.29, 0.717) is 71.3 Å². The zero-order valence-corrected chi connectivity index (χ0v) is 21.8. The summed E-state index contributed by atoms with van der Waals surface area (Å²) in [7, 11) is 1.55. The van der Waals surface area contributed by atoms with E-state index < -0.39 is 11.9 Å². The van der Waals surface area contributed by atoms with Crippen LogP contribution in [0.5, 0.6) is 5.88 Å². The number of methoxy groups -OCH3 is 1. The third kappa shape index (κ3) is 4.73. The zero-order chi connectivity index (χ0) is 28.1. The summed E-state index contributed by atoms with van der Waals surface area (Å²) < 4.78 is 52.3. The van der Waals surface area contributed by atoms with Gasteiger partial charge in [-0.25, -0.2) is 29.6 Å². The molecule has 4 aromatic heterocycles. The van der Waals surface area contributed by atoms with Crippen molar-refractivity contribution in [2.45, 2.75) is 37.4 Å². The van der Waals surface area contributed by atoms with E-state index >= 15 is 0 Å². The molecule has 7 rings (SSSR count). The lowest BCUT2D eigenvalue weighted by Crippen LogP contribution is -2.27. The molecule has 41 heavy (non-hydrogen) atoms. The monoisotopic (exact) mass is 563 g/mol. The molecule has 5 aromatic rings. The highest BCUT2D eigenvalue weighted by Gasteiger charge is 2.37. The lowest BCUT2D eigenvalue weighted by molar-refractivity contribution is -0.141. The van der Waals surface area contributed by atoms with Gasteiger partial charge in [0.15, 0.2) is 23.0 Å². The van der Waals surface area contributed by atoms with Crippen LogP contribution in [0, 0.1) is 0 Å². The predicted molar refractivity (Wildman–Crippen MR) is 141 cm³/mol. The van der Waals surface area contributed by atoms with Crippen molar-refractivity contribution >= 4 is 17.0 Å². The number of aromatic nitrogens is 8. The Morgan fingerprint density at radius 2 is 1.88 bits per heavy atom. The van der Waals surface area contributed by atoms with Crippen molar-refractivity contribution in [3.05, 3.63) is 65.6 Å². The van der Waals surface area contributed by atoms with Gasteiger partial charge in [-0.05, 0) is 36.6 Å². The first-order chi connectivity index (χ1) is 19.9. The minimum atomic E-state index is -4.53. The number of alkyl halides is 3. The Hall–Kier alpha value is -4.59. The largest absolute Gasteiger partial charge is 0.480 e. The number of hydrogen-bond acceptors (Lipinski definition) is 9. The average molecular weight is 564 g/mol. The van der Waals surface area contributed by atoms with Gasteiger partial charge in [0.1, 0.15) is 17.4 Å². The summed E-state index contributed by atoms with van der Waals surface area (Å²) in [6.07, 6.45) is 0.573. The minimum absolute atomic E-state index is 0.127. The first-order valence-corrected chi connectivity index (χ1v) is 13.1. The van der Waals surface area contributed by atoms with E-state index in [2.05, 4.69) is 35.3 Å². The summed E-state index contributed by atoms with van der Waals surface area (Å²) >= 11 is 0. The summed E-state index contributed by atoms with van der Waals surface area (Å²) in [5.74, 6) is 1.53. The Kier molecular flexibility index (Phi) is 6.07. The Balaban J connectivity index is 1.17. The van der Waals surface area contributed by atoms with E-state index in [0.717, 1.165) is 30.2 Å². The number of ether oxygens (including phenoxy) is 2. The number of nitrogens with one attached hydrogen (secondary N) is 2. The van der Waals surface area contributed by atoms with E-state index in [9.17, 15) is 13.2 Å². The third-order valence-corrected chi connectivity index (χ3v) is 7.23. The van der Waals surface area contributed by atoms with Crippen LogP contribution in [0.25, 0.3) is 28.2 Å². The zero-order valence-electron chi connectivity index (χ0n) is 21.8. The number of anilines is 1. The number of aromatic amines is 1. The van der Waals surface area contributed by atoms with Gasteiger partial charge in [-0.15, -0.1) is 0 Å². The van der Waals surface area contributed by atoms with E-state index in [1.165, 1.54) is 11.0 Å². The number of benzene rings is 1. The van der Waals surface area contributed by atoms with Gasteiger partial charge in [-0.2, -0.15) is 18.3 Å². The number of halogens is 3. The smallest absolute Gasteiger partial charge is 0.435 e. The quantitative estimate of drug-likeness (QED) is 0.278. The van der Waals surface area contributed by atoms with Gasteiger partial charge in [0.2, 0.25) is 5.88 Å². The van der Waals surface area contributed by atoms with Gasteiger partial charge < -0.3 is 19.8 Å². The molecule has 1 saturated heterocycles. The fraction of sp³-hybridized carbons (Fsp3) is 0.333. The molecule has 2 aliphatic rings. The van der Waals surface area contributed by atoms with Crippen molar-refractivity contribution in [3.63, 3.8) is 0 Å². The Morgan fingerprint density at radius 1 is 1.07 bits per heavy atom. The van der Waals surface area contributed by atoms with Crippen molar-refractivity contribution in [3.8, 4) is 23.0 Å². The molecule has 0 bridgehead atoms.